The lowest BCUT2D eigenvalue weighted by Crippen LogP contribution is -2.32. The Hall–Kier alpha value is -5.06. The van der Waals surface area contributed by atoms with Crippen LogP contribution in [0.2, 0.25) is 0 Å². The minimum absolute atomic E-state index is 0.0562. The van der Waals surface area contributed by atoms with Crippen LogP contribution in [0.25, 0.3) is 17.5 Å². The van der Waals surface area contributed by atoms with Gasteiger partial charge < -0.3 is 8.60 Å². The number of carbonyl (C=O) groups is 1. The van der Waals surface area contributed by atoms with Gasteiger partial charge in [-0.1, -0.05) is 60.7 Å². The predicted octanol–water partition coefficient (Wildman–Crippen LogP) is 6.08. The molecule has 5 aromatic rings. The van der Waals surface area contributed by atoms with Crippen molar-refractivity contribution in [3.8, 4) is 17.2 Å². The number of hydrogen-bond donors (Lipinski definition) is 0. The van der Waals surface area contributed by atoms with Crippen molar-refractivity contribution < 1.29 is 21.8 Å². The van der Waals surface area contributed by atoms with Gasteiger partial charge in [-0.25, -0.2) is 4.99 Å². The Kier molecular flexibility index (Phi) is 7.39. The zero-order valence-corrected chi connectivity index (χ0v) is 23.4. The molecule has 0 unspecified atom stereocenters. The Morgan fingerprint density at radius 3 is 2.12 bits per heavy atom. The van der Waals surface area contributed by atoms with Gasteiger partial charge in [-0.15, -0.1) is 21.8 Å². The number of anilines is 1. The van der Waals surface area contributed by atoms with Crippen molar-refractivity contribution in [2.24, 2.45) is 4.99 Å². The molecule has 1 aromatic heterocycles. The summed E-state index contributed by atoms with van der Waals surface area (Å²) < 4.78 is 35.9. The van der Waals surface area contributed by atoms with Gasteiger partial charge in [-0.05, 0) is 60.2 Å². The molecule has 0 N–H and O–H groups in total. The summed E-state index contributed by atoms with van der Waals surface area (Å²) in [6.07, 6.45) is 1.64. The van der Waals surface area contributed by atoms with Gasteiger partial charge in [-0.2, -0.15) is 8.42 Å². The van der Waals surface area contributed by atoms with E-state index in [0.717, 1.165) is 5.56 Å². The molecule has 1 aliphatic heterocycles. The molecule has 6 rings (SSSR count). The lowest BCUT2D eigenvalue weighted by atomic mass is 10.1. The first-order valence-corrected chi connectivity index (χ1v) is 14.6. The van der Waals surface area contributed by atoms with Gasteiger partial charge >= 0.3 is 10.1 Å². The summed E-state index contributed by atoms with van der Waals surface area (Å²) in [7, 11) is -3.97. The van der Waals surface area contributed by atoms with E-state index in [2.05, 4.69) is 15.2 Å². The quantitative estimate of drug-likeness (QED) is 0.121. The van der Waals surface area contributed by atoms with E-state index in [1.54, 1.807) is 60.7 Å². The van der Waals surface area contributed by atoms with Crippen molar-refractivity contribution in [2.45, 2.75) is 10.8 Å². The zero-order valence-electron chi connectivity index (χ0n) is 21.8. The lowest BCUT2D eigenvalue weighted by molar-refractivity contribution is -0.113. The number of amides is 1. The molecule has 4 aromatic carbocycles. The van der Waals surface area contributed by atoms with E-state index < -0.39 is 10.1 Å². The van der Waals surface area contributed by atoms with Gasteiger partial charge in [-0.3, -0.25) is 9.69 Å². The Morgan fingerprint density at radius 2 is 1.48 bits per heavy atom. The van der Waals surface area contributed by atoms with Crippen LogP contribution in [-0.4, -0.2) is 30.4 Å². The average Bonchev–Trinajstić information content (AvgIpc) is 3.64. The third kappa shape index (κ3) is 5.58. The summed E-state index contributed by atoms with van der Waals surface area (Å²) >= 11 is 5.77. The molecule has 0 bridgehead atoms. The number of amidine groups is 1. The highest BCUT2D eigenvalue weighted by Gasteiger charge is 2.32. The highest BCUT2D eigenvalue weighted by molar-refractivity contribution is 7.87. The molecule has 0 spiro atoms. The van der Waals surface area contributed by atoms with Crippen LogP contribution < -0.4 is 9.08 Å². The number of benzene rings is 4. The standard InChI is InChI=1S/C31H21ClN4O5S/c32-20-28-34-35-30(40-28)23-13-15-24(16-14-23)36-29(22-7-3-1-4-8-22)33-27(31(36)37)19-21-11-17-25(18-12-21)41-42(38,39)26-9-5-2-6-10-26/h1-19H,20H2/b27-19-. The van der Waals surface area contributed by atoms with Crippen molar-refractivity contribution in [2.75, 3.05) is 4.90 Å². The van der Waals surface area contributed by atoms with Crippen molar-refractivity contribution in [1.82, 2.24) is 10.2 Å². The molecule has 2 heterocycles. The predicted molar refractivity (Wildman–Crippen MR) is 158 cm³/mol. The van der Waals surface area contributed by atoms with Gasteiger partial charge in [0.15, 0.2) is 0 Å². The lowest BCUT2D eigenvalue weighted by Gasteiger charge is -2.18. The molecule has 1 aliphatic rings. The molecule has 0 saturated carbocycles. The SMILES string of the molecule is O=C1/C(=C/c2ccc(OS(=O)(=O)c3ccccc3)cc2)N=C(c2ccccc2)N1c1ccc(-c2nnc(CCl)o2)cc1. The van der Waals surface area contributed by atoms with Crippen LogP contribution in [0.1, 0.15) is 17.0 Å². The first-order valence-electron chi connectivity index (χ1n) is 12.7. The number of aliphatic imine (C=N–C) groups is 1. The van der Waals surface area contributed by atoms with Gasteiger partial charge in [0.25, 0.3) is 5.91 Å². The second-order valence-corrected chi connectivity index (χ2v) is 10.9. The van der Waals surface area contributed by atoms with Crippen LogP contribution in [0.5, 0.6) is 5.75 Å². The van der Waals surface area contributed by atoms with Crippen molar-refractivity contribution in [3.05, 3.63) is 132 Å². The number of halogens is 1. The molecular formula is C31H21ClN4O5S. The highest BCUT2D eigenvalue weighted by Crippen LogP contribution is 2.30. The van der Waals surface area contributed by atoms with Gasteiger partial charge in [0, 0.05) is 11.1 Å². The summed E-state index contributed by atoms with van der Waals surface area (Å²) in [6.45, 7) is 0. The average molecular weight is 597 g/mol. The summed E-state index contributed by atoms with van der Waals surface area (Å²) in [5.41, 5.74) is 2.90. The molecule has 0 saturated heterocycles. The number of carbonyl (C=O) groups excluding carboxylic acids is 1. The fraction of sp³-hybridized carbons (Fsp3) is 0.0323. The first kappa shape index (κ1) is 27.1. The minimum atomic E-state index is -3.97. The summed E-state index contributed by atoms with van der Waals surface area (Å²) in [6, 6.07) is 30.8. The van der Waals surface area contributed by atoms with E-state index in [-0.39, 0.29) is 28.1 Å². The third-order valence-corrected chi connectivity index (χ3v) is 7.76. The molecule has 0 fully saturated rings. The molecule has 0 radical (unpaired) electrons. The zero-order chi connectivity index (χ0) is 29.1. The van der Waals surface area contributed by atoms with Gasteiger partial charge in [0.05, 0.1) is 5.69 Å². The van der Waals surface area contributed by atoms with E-state index in [1.807, 2.05) is 30.3 Å². The van der Waals surface area contributed by atoms with Gasteiger partial charge in [0.2, 0.25) is 11.8 Å². The summed E-state index contributed by atoms with van der Waals surface area (Å²) in [5, 5.41) is 7.89. The van der Waals surface area contributed by atoms with Crippen LogP contribution >= 0.6 is 11.6 Å². The Balaban J connectivity index is 1.28. The maximum Gasteiger partial charge on any atom is 0.339 e. The molecular weight excluding hydrogens is 576 g/mol. The van der Waals surface area contributed by atoms with E-state index in [0.29, 0.717) is 34.4 Å². The minimum Gasteiger partial charge on any atom is -0.419 e. The maximum absolute atomic E-state index is 13.7. The number of alkyl halides is 1. The molecule has 9 nitrogen and oxygen atoms in total. The largest absolute Gasteiger partial charge is 0.419 e. The second-order valence-electron chi connectivity index (χ2n) is 9.07. The number of aromatic nitrogens is 2. The number of rotatable bonds is 8. The number of hydrogen-bond acceptors (Lipinski definition) is 8. The Bertz CT molecular complexity index is 1910. The smallest absolute Gasteiger partial charge is 0.339 e. The van der Waals surface area contributed by atoms with Crippen molar-refractivity contribution in [1.29, 1.82) is 0 Å². The molecule has 0 aliphatic carbocycles. The van der Waals surface area contributed by atoms with E-state index in [4.69, 9.17) is 20.2 Å². The summed E-state index contributed by atoms with van der Waals surface area (Å²) in [4.78, 5) is 20.0. The van der Waals surface area contributed by atoms with Gasteiger partial charge in [0.1, 0.15) is 28.1 Å². The van der Waals surface area contributed by atoms with Crippen LogP contribution in [0, 0.1) is 0 Å². The fourth-order valence-corrected chi connectivity index (χ4v) is 5.31. The van der Waals surface area contributed by atoms with E-state index in [1.165, 1.54) is 29.2 Å². The van der Waals surface area contributed by atoms with Crippen molar-refractivity contribution >= 4 is 45.2 Å². The topological polar surface area (TPSA) is 115 Å². The van der Waals surface area contributed by atoms with Crippen LogP contribution in [0.4, 0.5) is 5.69 Å². The van der Waals surface area contributed by atoms with Crippen LogP contribution in [-0.2, 0) is 20.8 Å². The van der Waals surface area contributed by atoms with E-state index >= 15 is 0 Å². The molecule has 11 heteroatoms. The third-order valence-electron chi connectivity index (χ3n) is 6.27. The molecule has 208 valence electrons. The normalized spacial score (nSPS) is 14.3. The summed E-state index contributed by atoms with van der Waals surface area (Å²) in [5.74, 6) is 1.05. The first-order chi connectivity index (χ1) is 20.4. The molecule has 42 heavy (non-hydrogen) atoms. The Morgan fingerprint density at radius 1 is 0.810 bits per heavy atom. The number of nitrogens with zero attached hydrogens (tertiary/aromatic N) is 4. The molecule has 1 amide bonds. The van der Waals surface area contributed by atoms with Crippen LogP contribution in [0.15, 0.2) is 129 Å². The fourth-order valence-electron chi connectivity index (χ4n) is 4.25. The van der Waals surface area contributed by atoms with E-state index in [9.17, 15) is 13.2 Å². The second kappa shape index (κ2) is 11.4. The monoisotopic (exact) mass is 596 g/mol. The highest BCUT2D eigenvalue weighted by atomic mass is 35.5. The molecule has 0 atom stereocenters. The Labute approximate surface area is 246 Å². The van der Waals surface area contributed by atoms with Crippen LogP contribution in [0.3, 0.4) is 0 Å². The maximum atomic E-state index is 13.7. The van der Waals surface area contributed by atoms with Crippen molar-refractivity contribution in [3.63, 3.8) is 0 Å².